The van der Waals surface area contributed by atoms with Crippen LogP contribution in [-0.2, 0) is 0 Å². The summed E-state index contributed by atoms with van der Waals surface area (Å²) in [4.78, 5) is 0. The Balaban J connectivity index is 2.82. The second-order valence-electron chi connectivity index (χ2n) is 2.01. The highest BCUT2D eigenvalue weighted by atomic mass is 32.2. The van der Waals surface area contributed by atoms with E-state index in [1.807, 2.05) is 11.8 Å². The van der Waals surface area contributed by atoms with Crippen LogP contribution in [0.5, 0.6) is 0 Å². The van der Waals surface area contributed by atoms with Crippen molar-refractivity contribution in [3.8, 4) is 0 Å². The molecule has 0 aliphatic rings. The van der Waals surface area contributed by atoms with E-state index in [0.29, 0.717) is 0 Å². The molecule has 9 heavy (non-hydrogen) atoms. The van der Waals surface area contributed by atoms with E-state index in [2.05, 4.69) is 25.3 Å². The summed E-state index contributed by atoms with van der Waals surface area (Å²) in [7, 11) is 0. The van der Waals surface area contributed by atoms with E-state index in [-0.39, 0.29) is 0 Å². The van der Waals surface area contributed by atoms with Gasteiger partial charge in [0.2, 0.25) is 0 Å². The smallest absolute Gasteiger partial charge is 0.00674 e. The van der Waals surface area contributed by atoms with Crippen LogP contribution in [0.3, 0.4) is 0 Å². The van der Waals surface area contributed by atoms with E-state index < -0.39 is 0 Å². The maximum Gasteiger partial charge on any atom is -0.00674 e. The van der Waals surface area contributed by atoms with Gasteiger partial charge in [-0.2, -0.15) is 11.8 Å². The molecule has 0 saturated heterocycles. The van der Waals surface area contributed by atoms with E-state index in [1.165, 1.54) is 25.0 Å². The van der Waals surface area contributed by atoms with Gasteiger partial charge in [0.15, 0.2) is 0 Å². The molecule has 0 rings (SSSR count). The normalized spacial score (nSPS) is 10.9. The Kier molecular flexibility index (Phi) is 8.17. The van der Waals surface area contributed by atoms with Gasteiger partial charge in [-0.1, -0.05) is 19.1 Å². The maximum atomic E-state index is 2.27. The van der Waals surface area contributed by atoms with Crippen LogP contribution >= 0.6 is 11.8 Å². The van der Waals surface area contributed by atoms with E-state index in [0.717, 1.165) is 0 Å². The van der Waals surface area contributed by atoms with Crippen LogP contribution in [-0.4, -0.2) is 12.0 Å². The lowest BCUT2D eigenvalue weighted by Crippen LogP contribution is -1.74. The molecule has 0 unspecified atom stereocenters. The van der Waals surface area contributed by atoms with Crippen LogP contribution in [0.1, 0.15) is 26.2 Å². The SMILES string of the molecule is CCC=CCCCSC. The van der Waals surface area contributed by atoms with Crippen LogP contribution in [0, 0.1) is 0 Å². The molecule has 0 aromatic heterocycles. The summed E-state index contributed by atoms with van der Waals surface area (Å²) in [5.41, 5.74) is 0. The van der Waals surface area contributed by atoms with Gasteiger partial charge < -0.3 is 0 Å². The summed E-state index contributed by atoms with van der Waals surface area (Å²) in [6.07, 6.45) is 10.4. The number of allylic oxidation sites excluding steroid dienone is 2. The minimum absolute atomic E-state index is 1.18. The fourth-order valence-corrected chi connectivity index (χ4v) is 1.09. The van der Waals surface area contributed by atoms with Crippen molar-refractivity contribution < 1.29 is 0 Å². The van der Waals surface area contributed by atoms with E-state index >= 15 is 0 Å². The minimum Gasteiger partial charge on any atom is -0.165 e. The van der Waals surface area contributed by atoms with Gasteiger partial charge in [0.1, 0.15) is 0 Å². The van der Waals surface area contributed by atoms with Gasteiger partial charge in [0, 0.05) is 0 Å². The highest BCUT2D eigenvalue weighted by Gasteiger charge is 1.79. The summed E-state index contributed by atoms with van der Waals surface area (Å²) in [5.74, 6) is 1.30. The first-order chi connectivity index (χ1) is 4.41. The summed E-state index contributed by atoms with van der Waals surface area (Å²) in [6.45, 7) is 2.17. The van der Waals surface area contributed by atoms with Crippen LogP contribution in [0.2, 0.25) is 0 Å². The van der Waals surface area contributed by atoms with E-state index in [9.17, 15) is 0 Å². The third-order valence-electron chi connectivity index (χ3n) is 1.12. The molecule has 0 bridgehead atoms. The van der Waals surface area contributed by atoms with E-state index in [1.54, 1.807) is 0 Å². The Morgan fingerprint density at radius 2 is 2.11 bits per heavy atom. The maximum absolute atomic E-state index is 2.27. The molecule has 0 aliphatic carbocycles. The van der Waals surface area contributed by atoms with Gasteiger partial charge >= 0.3 is 0 Å². The van der Waals surface area contributed by atoms with Crippen molar-refractivity contribution in [3.05, 3.63) is 12.2 Å². The lowest BCUT2D eigenvalue weighted by atomic mass is 10.3. The molecular weight excluding hydrogens is 128 g/mol. The Bertz CT molecular complexity index is 67.0. The van der Waals surface area contributed by atoms with Crippen LogP contribution in [0.15, 0.2) is 12.2 Å². The third-order valence-corrected chi connectivity index (χ3v) is 1.82. The average molecular weight is 144 g/mol. The second-order valence-corrected chi connectivity index (χ2v) is 3.00. The standard InChI is InChI=1S/C8H16S/c1-3-4-5-6-7-8-9-2/h4-5H,3,6-8H2,1-2H3. The van der Waals surface area contributed by atoms with Gasteiger partial charge in [-0.3, -0.25) is 0 Å². The topological polar surface area (TPSA) is 0 Å². The van der Waals surface area contributed by atoms with Crippen molar-refractivity contribution >= 4 is 11.8 Å². The second kappa shape index (κ2) is 8.09. The van der Waals surface area contributed by atoms with Crippen LogP contribution in [0.4, 0.5) is 0 Å². The van der Waals surface area contributed by atoms with Crippen molar-refractivity contribution in [1.29, 1.82) is 0 Å². The van der Waals surface area contributed by atoms with Crippen LogP contribution < -0.4 is 0 Å². The highest BCUT2D eigenvalue weighted by molar-refractivity contribution is 7.98. The monoisotopic (exact) mass is 144 g/mol. The molecule has 0 saturated carbocycles. The largest absolute Gasteiger partial charge is 0.165 e. The molecule has 54 valence electrons. The van der Waals surface area contributed by atoms with E-state index in [4.69, 9.17) is 0 Å². The van der Waals surface area contributed by atoms with Crippen molar-refractivity contribution in [1.82, 2.24) is 0 Å². The van der Waals surface area contributed by atoms with Crippen molar-refractivity contribution in [2.45, 2.75) is 26.2 Å². The molecule has 0 spiro atoms. The number of rotatable bonds is 5. The first-order valence-electron chi connectivity index (χ1n) is 3.55. The summed E-state index contributed by atoms with van der Waals surface area (Å²) in [5, 5.41) is 0. The molecule has 0 aromatic carbocycles. The Labute approximate surface area is 62.7 Å². The molecule has 1 heteroatoms. The average Bonchev–Trinajstić information content (AvgIpc) is 1.89. The minimum atomic E-state index is 1.18. The molecule has 0 N–H and O–H groups in total. The first kappa shape index (κ1) is 9.09. The Morgan fingerprint density at radius 1 is 1.33 bits per heavy atom. The highest BCUT2D eigenvalue weighted by Crippen LogP contribution is 1.99. The van der Waals surface area contributed by atoms with Crippen molar-refractivity contribution in [3.63, 3.8) is 0 Å². The zero-order chi connectivity index (χ0) is 6.95. The molecule has 0 aliphatic heterocycles. The predicted octanol–water partition coefficient (Wildman–Crippen LogP) is 3.10. The Morgan fingerprint density at radius 3 is 2.67 bits per heavy atom. The van der Waals surface area contributed by atoms with Gasteiger partial charge in [-0.15, -0.1) is 0 Å². The molecular formula is C8H16S. The fraction of sp³-hybridized carbons (Fsp3) is 0.750. The number of hydrogen-bond donors (Lipinski definition) is 0. The lowest BCUT2D eigenvalue weighted by Gasteiger charge is -1.89. The van der Waals surface area contributed by atoms with Gasteiger partial charge in [-0.25, -0.2) is 0 Å². The van der Waals surface area contributed by atoms with Crippen LogP contribution in [0.25, 0.3) is 0 Å². The van der Waals surface area contributed by atoms with Crippen molar-refractivity contribution in [2.24, 2.45) is 0 Å². The molecule has 0 fully saturated rings. The molecule has 0 aromatic rings. The summed E-state index contributed by atoms with van der Waals surface area (Å²) >= 11 is 1.93. The first-order valence-corrected chi connectivity index (χ1v) is 4.95. The number of unbranched alkanes of at least 4 members (excludes halogenated alkanes) is 1. The lowest BCUT2D eigenvalue weighted by molar-refractivity contribution is 0.965. The fourth-order valence-electron chi connectivity index (χ4n) is 0.630. The molecule has 0 atom stereocenters. The molecule has 0 nitrogen and oxygen atoms in total. The zero-order valence-electron chi connectivity index (χ0n) is 6.39. The number of hydrogen-bond acceptors (Lipinski definition) is 1. The molecule has 0 radical (unpaired) electrons. The summed E-state index contributed by atoms with van der Waals surface area (Å²) in [6, 6.07) is 0. The molecule has 0 heterocycles. The number of thioether (sulfide) groups is 1. The summed E-state index contributed by atoms with van der Waals surface area (Å²) < 4.78 is 0. The van der Waals surface area contributed by atoms with Gasteiger partial charge in [-0.05, 0) is 31.3 Å². The third kappa shape index (κ3) is 8.09. The van der Waals surface area contributed by atoms with Gasteiger partial charge in [0.25, 0.3) is 0 Å². The Hall–Kier alpha value is 0.0900. The van der Waals surface area contributed by atoms with Crippen molar-refractivity contribution in [2.75, 3.05) is 12.0 Å². The quantitative estimate of drug-likeness (QED) is 0.422. The predicted molar refractivity (Wildman–Crippen MR) is 47.0 cm³/mol. The molecule has 0 amide bonds. The van der Waals surface area contributed by atoms with Gasteiger partial charge in [0.05, 0.1) is 0 Å². The zero-order valence-corrected chi connectivity index (χ0v) is 7.21.